The van der Waals surface area contributed by atoms with Crippen LogP contribution in [0, 0.1) is 0 Å². The van der Waals surface area contributed by atoms with Gasteiger partial charge in [-0.15, -0.1) is 0 Å². The van der Waals surface area contributed by atoms with E-state index < -0.39 is 38.3 Å². The van der Waals surface area contributed by atoms with Gasteiger partial charge in [-0.05, 0) is 12.8 Å². The molecule has 2 saturated heterocycles. The third-order valence-corrected chi connectivity index (χ3v) is 6.02. The van der Waals surface area contributed by atoms with Crippen LogP contribution in [0.4, 0.5) is 5.82 Å². The molecule has 0 radical (unpaired) electrons. The van der Waals surface area contributed by atoms with Crippen LogP contribution in [0.5, 0.6) is 0 Å². The van der Waals surface area contributed by atoms with Gasteiger partial charge in [0.1, 0.15) is 18.5 Å². The van der Waals surface area contributed by atoms with E-state index in [1.165, 1.54) is 17.2 Å². The molecule has 2 aromatic heterocycles. The summed E-state index contributed by atoms with van der Waals surface area (Å²) in [4.78, 5) is 46.7. The molecule has 1 amide bonds. The van der Waals surface area contributed by atoms with E-state index in [0.29, 0.717) is 30.4 Å². The zero-order chi connectivity index (χ0) is 22.9. The number of carbonyl (C=O) groups excluding carboxylic acids is 2. The number of rotatable bonds is 7. The number of carbonyl (C=O) groups is 2. The van der Waals surface area contributed by atoms with E-state index in [9.17, 15) is 19.0 Å². The Morgan fingerprint density at radius 2 is 2.06 bits per heavy atom. The molecule has 13 nitrogen and oxygen atoms in total. The van der Waals surface area contributed by atoms with Crippen molar-refractivity contribution in [2.75, 3.05) is 11.9 Å². The predicted molar refractivity (Wildman–Crippen MR) is 108 cm³/mol. The zero-order valence-electron chi connectivity index (χ0n) is 17.5. The van der Waals surface area contributed by atoms with Crippen LogP contribution in [0.25, 0.3) is 11.2 Å². The second-order valence-electron chi connectivity index (χ2n) is 7.45. The molecule has 4 rings (SSSR count). The van der Waals surface area contributed by atoms with Gasteiger partial charge in [-0.2, -0.15) is 0 Å². The number of esters is 1. The fourth-order valence-electron chi connectivity index (χ4n) is 3.64. The van der Waals surface area contributed by atoms with Crippen molar-refractivity contribution in [1.29, 1.82) is 0 Å². The quantitative estimate of drug-likeness (QED) is 0.448. The minimum atomic E-state index is -4.30. The zero-order valence-corrected chi connectivity index (χ0v) is 18.4. The molecule has 2 fully saturated rings. The van der Waals surface area contributed by atoms with Crippen molar-refractivity contribution in [3.05, 3.63) is 12.7 Å². The standard InChI is InChI=1S/C18H24N5O8P/c1-3-5-11(24)22-16-13-17(20-8-19-16)23(9-21-13)18-15(30-12(25)6-4-2)14-10(29-18)7-28-32(26,27)31-14/h8-10,14-15,18H,3-7H2,1-2H3,(H,26,27)(H,19,20,22,24)/t10-,14+,15-,18-/m1/s1. The van der Waals surface area contributed by atoms with Crippen LogP contribution >= 0.6 is 7.82 Å². The highest BCUT2D eigenvalue weighted by atomic mass is 31.2. The van der Waals surface area contributed by atoms with E-state index in [4.69, 9.17) is 18.5 Å². The van der Waals surface area contributed by atoms with E-state index in [0.717, 1.165) is 0 Å². The fraction of sp³-hybridized carbons (Fsp3) is 0.611. The van der Waals surface area contributed by atoms with E-state index in [1.54, 1.807) is 0 Å². The topological polar surface area (TPSA) is 164 Å². The van der Waals surface area contributed by atoms with E-state index in [-0.39, 0.29) is 24.8 Å². The maximum atomic E-state index is 12.3. The van der Waals surface area contributed by atoms with Crippen LogP contribution in [0.2, 0.25) is 0 Å². The summed E-state index contributed by atoms with van der Waals surface area (Å²) in [6.45, 7) is 3.50. The lowest BCUT2D eigenvalue weighted by atomic mass is 10.1. The lowest BCUT2D eigenvalue weighted by molar-refractivity contribution is -0.158. The Labute approximate surface area is 183 Å². The number of hydrogen-bond acceptors (Lipinski definition) is 10. The monoisotopic (exact) mass is 469 g/mol. The van der Waals surface area contributed by atoms with Crippen LogP contribution < -0.4 is 5.32 Å². The Morgan fingerprint density at radius 3 is 2.81 bits per heavy atom. The van der Waals surface area contributed by atoms with E-state index >= 15 is 0 Å². The van der Waals surface area contributed by atoms with Gasteiger partial charge in [0.05, 0.1) is 12.9 Å². The van der Waals surface area contributed by atoms with Gasteiger partial charge in [-0.25, -0.2) is 19.5 Å². The van der Waals surface area contributed by atoms with Gasteiger partial charge in [0.15, 0.2) is 29.3 Å². The molecule has 5 atom stereocenters. The van der Waals surface area contributed by atoms with Gasteiger partial charge < -0.3 is 19.7 Å². The number of anilines is 1. The fourth-order valence-corrected chi connectivity index (χ4v) is 4.60. The number of amides is 1. The average molecular weight is 469 g/mol. The Balaban J connectivity index is 1.68. The molecular formula is C18H24N5O8P. The summed E-state index contributed by atoms with van der Waals surface area (Å²) >= 11 is 0. The largest absolute Gasteiger partial charge is 0.472 e. The van der Waals surface area contributed by atoms with Crippen LogP contribution in [-0.2, 0) is 32.7 Å². The van der Waals surface area contributed by atoms with E-state index in [2.05, 4.69) is 20.3 Å². The van der Waals surface area contributed by atoms with Crippen LogP contribution in [-0.4, -0.2) is 61.2 Å². The summed E-state index contributed by atoms with van der Waals surface area (Å²) in [5.41, 5.74) is 0.638. The van der Waals surface area contributed by atoms with Crippen molar-refractivity contribution in [1.82, 2.24) is 19.5 Å². The van der Waals surface area contributed by atoms with Crippen LogP contribution in [0.15, 0.2) is 12.7 Å². The molecule has 0 spiro atoms. The number of hydrogen-bond donors (Lipinski definition) is 2. The highest BCUT2D eigenvalue weighted by molar-refractivity contribution is 7.47. The molecule has 0 aliphatic carbocycles. The molecule has 174 valence electrons. The number of phosphoric acid groups is 1. The average Bonchev–Trinajstić information content (AvgIpc) is 3.30. The smallest absolute Gasteiger partial charge is 0.455 e. The number of imidazole rings is 1. The van der Waals surface area contributed by atoms with E-state index in [1.807, 2.05) is 13.8 Å². The Kier molecular flexibility index (Phi) is 6.54. The number of ether oxygens (including phenoxy) is 2. The van der Waals surface area contributed by atoms with Gasteiger partial charge in [-0.1, -0.05) is 13.8 Å². The summed E-state index contributed by atoms with van der Waals surface area (Å²) in [6, 6.07) is 0. The van der Waals surface area contributed by atoms with Crippen molar-refractivity contribution in [3.63, 3.8) is 0 Å². The normalized spacial score (nSPS) is 29.6. The van der Waals surface area contributed by atoms with Gasteiger partial charge in [0.2, 0.25) is 5.91 Å². The highest BCUT2D eigenvalue weighted by Crippen LogP contribution is 2.53. The van der Waals surface area contributed by atoms with Crippen molar-refractivity contribution in [3.8, 4) is 0 Å². The molecule has 2 N–H and O–H groups in total. The summed E-state index contributed by atoms with van der Waals surface area (Å²) < 4.78 is 35.1. The van der Waals surface area contributed by atoms with Crippen molar-refractivity contribution < 1.29 is 37.6 Å². The first-order chi connectivity index (χ1) is 15.3. The lowest BCUT2D eigenvalue weighted by Gasteiger charge is -2.29. The molecule has 4 heterocycles. The van der Waals surface area contributed by atoms with Gasteiger partial charge >= 0.3 is 13.8 Å². The lowest BCUT2D eigenvalue weighted by Crippen LogP contribution is -2.41. The first-order valence-corrected chi connectivity index (χ1v) is 11.8. The number of aromatic nitrogens is 4. The molecule has 32 heavy (non-hydrogen) atoms. The molecule has 0 bridgehead atoms. The minimum Gasteiger partial charge on any atom is -0.455 e. The van der Waals surface area contributed by atoms with Crippen LogP contribution in [0.3, 0.4) is 0 Å². The Bertz CT molecular complexity index is 1060. The molecular weight excluding hydrogens is 445 g/mol. The molecule has 2 aromatic rings. The Hall–Kier alpha value is -2.44. The first-order valence-electron chi connectivity index (χ1n) is 10.3. The molecule has 0 aromatic carbocycles. The molecule has 0 saturated carbocycles. The van der Waals surface area contributed by atoms with Crippen molar-refractivity contribution >= 4 is 36.7 Å². The van der Waals surface area contributed by atoms with Crippen LogP contribution in [0.1, 0.15) is 45.8 Å². The number of phosphoric ester groups is 1. The Morgan fingerprint density at radius 1 is 1.28 bits per heavy atom. The number of nitrogens with zero attached hydrogens (tertiary/aromatic N) is 4. The SMILES string of the molecule is CCCC(=O)Nc1ncnc2c1ncn2[C@@H]1O[C@@H]2COP(=O)(O)O[C@@H]2[C@H]1OC(=O)CCC. The molecule has 1 unspecified atom stereocenters. The first kappa shape index (κ1) is 22.7. The predicted octanol–water partition coefficient (Wildman–Crippen LogP) is 1.69. The van der Waals surface area contributed by atoms with Crippen molar-refractivity contribution in [2.24, 2.45) is 0 Å². The number of fused-ring (bicyclic) bond motifs is 2. The van der Waals surface area contributed by atoms with Crippen molar-refractivity contribution in [2.45, 2.75) is 64.1 Å². The second kappa shape index (κ2) is 9.20. The molecule has 14 heteroatoms. The summed E-state index contributed by atoms with van der Waals surface area (Å²) in [6.07, 6.45) is 0.639. The highest BCUT2D eigenvalue weighted by Gasteiger charge is 2.55. The third kappa shape index (κ3) is 4.52. The van der Waals surface area contributed by atoms with Gasteiger partial charge in [0, 0.05) is 12.8 Å². The van der Waals surface area contributed by atoms with Gasteiger partial charge in [-0.3, -0.25) is 23.2 Å². The summed E-state index contributed by atoms with van der Waals surface area (Å²) in [5, 5.41) is 2.70. The maximum Gasteiger partial charge on any atom is 0.472 e. The molecule has 2 aliphatic rings. The molecule has 2 aliphatic heterocycles. The summed E-state index contributed by atoms with van der Waals surface area (Å²) in [7, 11) is -4.30. The van der Waals surface area contributed by atoms with Gasteiger partial charge in [0.25, 0.3) is 0 Å². The number of nitrogens with one attached hydrogen (secondary N) is 1. The maximum absolute atomic E-state index is 12.3. The third-order valence-electron chi connectivity index (χ3n) is 5.03. The second-order valence-corrected chi connectivity index (χ2v) is 8.85. The minimum absolute atomic E-state index is 0.161. The summed E-state index contributed by atoms with van der Waals surface area (Å²) in [5.74, 6) is -0.469.